The van der Waals surface area contributed by atoms with Crippen molar-refractivity contribution < 1.29 is 0 Å². The first-order valence-electron chi connectivity index (χ1n) is 5.31. The monoisotopic (exact) mass is 208 g/mol. The SMILES string of the molecule is CCN(CCN(C)C)c1cncc(C)n1. The van der Waals surface area contributed by atoms with E-state index < -0.39 is 0 Å². The van der Waals surface area contributed by atoms with Crippen molar-refractivity contribution in [2.75, 3.05) is 38.6 Å². The molecule has 0 aliphatic rings. The number of hydrogen-bond donors (Lipinski definition) is 0. The van der Waals surface area contributed by atoms with Gasteiger partial charge in [0.2, 0.25) is 0 Å². The van der Waals surface area contributed by atoms with Crippen LogP contribution in [-0.4, -0.2) is 48.6 Å². The van der Waals surface area contributed by atoms with E-state index in [0.29, 0.717) is 0 Å². The zero-order valence-corrected chi connectivity index (χ0v) is 10.1. The molecule has 0 aliphatic carbocycles. The summed E-state index contributed by atoms with van der Waals surface area (Å²) in [6.07, 6.45) is 3.61. The van der Waals surface area contributed by atoms with Gasteiger partial charge in [-0.15, -0.1) is 0 Å². The minimum atomic E-state index is 0.964. The van der Waals surface area contributed by atoms with Gasteiger partial charge in [-0.25, -0.2) is 4.98 Å². The van der Waals surface area contributed by atoms with E-state index >= 15 is 0 Å². The summed E-state index contributed by atoms with van der Waals surface area (Å²) in [7, 11) is 4.16. The summed E-state index contributed by atoms with van der Waals surface area (Å²) < 4.78 is 0. The maximum absolute atomic E-state index is 4.47. The molecule has 1 aromatic rings. The van der Waals surface area contributed by atoms with Gasteiger partial charge in [-0.1, -0.05) is 0 Å². The Labute approximate surface area is 91.9 Å². The molecule has 4 nitrogen and oxygen atoms in total. The molecule has 0 saturated heterocycles. The minimum absolute atomic E-state index is 0.964. The summed E-state index contributed by atoms with van der Waals surface area (Å²) in [6, 6.07) is 0. The standard InChI is InChI=1S/C11H20N4/c1-5-15(7-6-14(3)4)11-9-12-8-10(2)13-11/h8-9H,5-7H2,1-4H3. The van der Waals surface area contributed by atoms with E-state index in [1.165, 1.54) is 0 Å². The van der Waals surface area contributed by atoms with Crippen molar-refractivity contribution in [1.82, 2.24) is 14.9 Å². The molecule has 1 rings (SSSR count). The topological polar surface area (TPSA) is 32.3 Å². The van der Waals surface area contributed by atoms with Gasteiger partial charge in [0, 0.05) is 25.8 Å². The van der Waals surface area contributed by atoms with Crippen molar-refractivity contribution in [1.29, 1.82) is 0 Å². The lowest BCUT2D eigenvalue weighted by atomic mass is 10.4. The molecule has 1 aromatic heterocycles. The van der Waals surface area contributed by atoms with Gasteiger partial charge in [-0.2, -0.15) is 0 Å². The van der Waals surface area contributed by atoms with Gasteiger partial charge >= 0.3 is 0 Å². The second-order valence-corrected chi connectivity index (χ2v) is 3.90. The second kappa shape index (κ2) is 5.66. The van der Waals surface area contributed by atoms with E-state index in [1.54, 1.807) is 6.20 Å². The van der Waals surface area contributed by atoms with Crippen molar-refractivity contribution in [3.05, 3.63) is 18.1 Å². The number of aromatic nitrogens is 2. The Hall–Kier alpha value is -1.16. The van der Waals surface area contributed by atoms with Crippen LogP contribution in [0, 0.1) is 6.92 Å². The van der Waals surface area contributed by atoms with Gasteiger partial charge in [-0.05, 0) is 27.9 Å². The highest BCUT2D eigenvalue weighted by molar-refractivity contribution is 5.35. The molecule has 4 heteroatoms. The zero-order valence-electron chi connectivity index (χ0n) is 10.1. The van der Waals surface area contributed by atoms with Crippen LogP contribution in [0.1, 0.15) is 12.6 Å². The Kier molecular flexibility index (Phi) is 4.49. The normalized spacial score (nSPS) is 10.7. The van der Waals surface area contributed by atoms with Gasteiger partial charge in [0.15, 0.2) is 0 Å². The summed E-state index contributed by atoms with van der Waals surface area (Å²) in [4.78, 5) is 13.0. The highest BCUT2D eigenvalue weighted by Crippen LogP contribution is 2.08. The molecule has 0 radical (unpaired) electrons. The first kappa shape index (κ1) is 11.9. The molecular formula is C11H20N4. The first-order valence-corrected chi connectivity index (χ1v) is 5.31. The number of aryl methyl sites for hydroxylation is 1. The number of likely N-dealkylation sites (N-methyl/N-ethyl adjacent to an activating group) is 2. The van der Waals surface area contributed by atoms with Crippen LogP contribution in [0.5, 0.6) is 0 Å². The lowest BCUT2D eigenvalue weighted by Gasteiger charge is -2.23. The molecule has 0 saturated carbocycles. The Morgan fingerprint density at radius 2 is 1.93 bits per heavy atom. The smallest absolute Gasteiger partial charge is 0.147 e. The molecule has 0 bridgehead atoms. The van der Waals surface area contributed by atoms with Gasteiger partial charge in [-0.3, -0.25) is 4.98 Å². The molecule has 0 N–H and O–H groups in total. The molecule has 0 atom stereocenters. The molecular weight excluding hydrogens is 188 g/mol. The molecule has 15 heavy (non-hydrogen) atoms. The third-order valence-corrected chi connectivity index (χ3v) is 2.27. The summed E-state index contributed by atoms with van der Waals surface area (Å²) in [5, 5.41) is 0. The Morgan fingerprint density at radius 1 is 1.20 bits per heavy atom. The van der Waals surface area contributed by atoms with Crippen LogP contribution < -0.4 is 4.90 Å². The molecule has 0 unspecified atom stereocenters. The Balaban J connectivity index is 2.65. The fourth-order valence-electron chi connectivity index (χ4n) is 1.36. The van der Waals surface area contributed by atoms with Crippen molar-refractivity contribution in [2.45, 2.75) is 13.8 Å². The van der Waals surface area contributed by atoms with E-state index in [4.69, 9.17) is 0 Å². The predicted molar refractivity (Wildman–Crippen MR) is 63.2 cm³/mol. The molecule has 0 aliphatic heterocycles. The van der Waals surface area contributed by atoms with E-state index in [2.05, 4.69) is 40.8 Å². The molecule has 0 fully saturated rings. The Bertz CT molecular complexity index is 298. The van der Waals surface area contributed by atoms with Crippen molar-refractivity contribution in [2.24, 2.45) is 0 Å². The fraction of sp³-hybridized carbons (Fsp3) is 0.636. The minimum Gasteiger partial charge on any atom is -0.354 e. The van der Waals surface area contributed by atoms with Crippen LogP contribution in [0.25, 0.3) is 0 Å². The number of nitrogens with zero attached hydrogens (tertiary/aromatic N) is 4. The highest BCUT2D eigenvalue weighted by atomic mass is 15.2. The van der Waals surface area contributed by atoms with Crippen LogP contribution in [0.15, 0.2) is 12.4 Å². The quantitative estimate of drug-likeness (QED) is 0.727. The summed E-state index contributed by atoms with van der Waals surface area (Å²) in [5.41, 5.74) is 0.968. The number of hydrogen-bond acceptors (Lipinski definition) is 4. The van der Waals surface area contributed by atoms with Crippen LogP contribution in [0.4, 0.5) is 5.82 Å². The zero-order chi connectivity index (χ0) is 11.3. The third kappa shape index (κ3) is 3.83. The van der Waals surface area contributed by atoms with Crippen LogP contribution in [0.2, 0.25) is 0 Å². The van der Waals surface area contributed by atoms with E-state index in [0.717, 1.165) is 31.1 Å². The molecule has 0 spiro atoms. The fourth-order valence-corrected chi connectivity index (χ4v) is 1.36. The van der Waals surface area contributed by atoms with E-state index in [9.17, 15) is 0 Å². The van der Waals surface area contributed by atoms with E-state index in [1.807, 2.05) is 13.1 Å². The summed E-state index contributed by atoms with van der Waals surface area (Å²) in [6.45, 7) is 7.09. The predicted octanol–water partition coefficient (Wildman–Crippen LogP) is 1.17. The molecule has 0 amide bonds. The Morgan fingerprint density at radius 3 is 2.47 bits per heavy atom. The summed E-state index contributed by atoms with van der Waals surface area (Å²) in [5.74, 6) is 0.972. The van der Waals surface area contributed by atoms with Crippen molar-refractivity contribution in [3.8, 4) is 0 Å². The van der Waals surface area contributed by atoms with E-state index in [-0.39, 0.29) is 0 Å². The van der Waals surface area contributed by atoms with Crippen LogP contribution in [0.3, 0.4) is 0 Å². The third-order valence-electron chi connectivity index (χ3n) is 2.27. The van der Waals surface area contributed by atoms with Crippen LogP contribution >= 0.6 is 0 Å². The number of anilines is 1. The van der Waals surface area contributed by atoms with Gasteiger partial charge in [0.25, 0.3) is 0 Å². The van der Waals surface area contributed by atoms with Gasteiger partial charge < -0.3 is 9.80 Å². The maximum Gasteiger partial charge on any atom is 0.147 e. The molecule has 1 heterocycles. The van der Waals surface area contributed by atoms with Gasteiger partial charge in [0.1, 0.15) is 5.82 Å². The highest BCUT2D eigenvalue weighted by Gasteiger charge is 2.06. The molecule has 84 valence electrons. The average molecular weight is 208 g/mol. The largest absolute Gasteiger partial charge is 0.354 e. The molecule has 0 aromatic carbocycles. The average Bonchev–Trinajstić information content (AvgIpc) is 2.18. The number of rotatable bonds is 5. The van der Waals surface area contributed by atoms with Gasteiger partial charge in [0.05, 0.1) is 11.9 Å². The van der Waals surface area contributed by atoms with Crippen molar-refractivity contribution in [3.63, 3.8) is 0 Å². The lowest BCUT2D eigenvalue weighted by molar-refractivity contribution is 0.413. The second-order valence-electron chi connectivity index (χ2n) is 3.90. The lowest BCUT2D eigenvalue weighted by Crippen LogP contribution is -2.32. The first-order chi connectivity index (χ1) is 7.13. The summed E-state index contributed by atoms with van der Waals surface area (Å²) >= 11 is 0. The van der Waals surface area contributed by atoms with Crippen LogP contribution in [-0.2, 0) is 0 Å². The van der Waals surface area contributed by atoms with Crippen molar-refractivity contribution >= 4 is 5.82 Å². The maximum atomic E-state index is 4.47.